The smallest absolute Gasteiger partial charge is 0.259 e. The molecule has 1 aliphatic carbocycles. The van der Waals surface area contributed by atoms with Gasteiger partial charge in [-0.15, -0.1) is 0 Å². The molecular weight excluding hydrogens is 348 g/mol. The van der Waals surface area contributed by atoms with Crippen molar-refractivity contribution >= 4 is 11.6 Å². The van der Waals surface area contributed by atoms with Crippen LogP contribution in [0, 0.1) is 0 Å². The number of fused-ring (bicyclic) bond motifs is 1. The standard InChI is InChI=1S/C24H32N2O2/c1-5-6-8-17-11-14-20(23(15-17)28-4)24(27)25-19-13-12-18-9-7-10-22(26(2)3)21(18)16-19/h11-16,22H,5-10H2,1-4H3,(H,25,27). The number of methoxy groups -OCH3 is 1. The number of aryl methyl sites for hydroxylation is 2. The maximum atomic E-state index is 12.9. The van der Waals surface area contributed by atoms with E-state index in [0.717, 1.165) is 37.8 Å². The lowest BCUT2D eigenvalue weighted by Crippen LogP contribution is -2.24. The molecule has 1 aliphatic rings. The lowest BCUT2D eigenvalue weighted by atomic mass is 9.87. The molecular formula is C24H32N2O2. The Morgan fingerprint density at radius 1 is 1.21 bits per heavy atom. The zero-order valence-corrected chi connectivity index (χ0v) is 17.5. The summed E-state index contributed by atoms with van der Waals surface area (Å²) in [6.07, 6.45) is 6.77. The van der Waals surface area contributed by atoms with Crippen molar-refractivity contribution in [2.45, 2.75) is 51.5 Å². The number of nitrogens with zero attached hydrogens (tertiary/aromatic N) is 1. The molecule has 0 fully saturated rings. The van der Waals surface area contributed by atoms with Crippen LogP contribution in [0.5, 0.6) is 5.75 Å². The summed E-state index contributed by atoms with van der Waals surface area (Å²) in [5, 5.41) is 3.07. The molecule has 0 saturated heterocycles. The number of carbonyl (C=O) groups excluding carboxylic acids is 1. The van der Waals surface area contributed by atoms with E-state index in [1.807, 2.05) is 24.3 Å². The van der Waals surface area contributed by atoms with Gasteiger partial charge in [0.15, 0.2) is 0 Å². The topological polar surface area (TPSA) is 41.6 Å². The van der Waals surface area contributed by atoms with Gasteiger partial charge in [0.05, 0.1) is 12.7 Å². The van der Waals surface area contributed by atoms with Crippen LogP contribution >= 0.6 is 0 Å². The first kappa shape index (κ1) is 20.4. The third-order valence-electron chi connectivity index (χ3n) is 5.64. The van der Waals surface area contributed by atoms with Crippen molar-refractivity contribution in [1.29, 1.82) is 0 Å². The lowest BCUT2D eigenvalue weighted by molar-refractivity contribution is 0.102. The van der Waals surface area contributed by atoms with Crippen LogP contribution in [0.15, 0.2) is 36.4 Å². The summed E-state index contributed by atoms with van der Waals surface area (Å²) < 4.78 is 5.50. The average Bonchev–Trinajstić information content (AvgIpc) is 2.71. The fourth-order valence-corrected chi connectivity index (χ4v) is 4.05. The van der Waals surface area contributed by atoms with Gasteiger partial charge >= 0.3 is 0 Å². The van der Waals surface area contributed by atoms with Gasteiger partial charge in [0.25, 0.3) is 5.91 Å². The van der Waals surface area contributed by atoms with Crippen LogP contribution < -0.4 is 10.1 Å². The number of hydrogen-bond acceptors (Lipinski definition) is 3. The van der Waals surface area contributed by atoms with E-state index in [-0.39, 0.29) is 5.91 Å². The first-order valence-electron chi connectivity index (χ1n) is 10.3. The van der Waals surface area contributed by atoms with E-state index in [9.17, 15) is 4.79 Å². The van der Waals surface area contributed by atoms with Gasteiger partial charge < -0.3 is 15.0 Å². The third kappa shape index (κ3) is 4.56. The van der Waals surface area contributed by atoms with Gasteiger partial charge in [0.2, 0.25) is 0 Å². The highest BCUT2D eigenvalue weighted by Gasteiger charge is 2.22. The first-order chi connectivity index (χ1) is 13.5. The van der Waals surface area contributed by atoms with Crippen molar-refractivity contribution in [3.63, 3.8) is 0 Å². The Hall–Kier alpha value is -2.33. The number of amides is 1. The number of ether oxygens (including phenoxy) is 1. The van der Waals surface area contributed by atoms with Crippen LogP contribution in [0.25, 0.3) is 0 Å². The lowest BCUT2D eigenvalue weighted by Gasteiger charge is -2.31. The normalized spacial score (nSPS) is 16.0. The van der Waals surface area contributed by atoms with E-state index in [1.54, 1.807) is 7.11 Å². The number of benzene rings is 2. The molecule has 0 bridgehead atoms. The number of carbonyl (C=O) groups is 1. The molecule has 1 N–H and O–H groups in total. The van der Waals surface area contributed by atoms with Crippen molar-refractivity contribution < 1.29 is 9.53 Å². The Labute approximate surface area is 168 Å². The van der Waals surface area contributed by atoms with Gasteiger partial charge in [-0.05, 0) is 87.2 Å². The largest absolute Gasteiger partial charge is 0.496 e. The van der Waals surface area contributed by atoms with Gasteiger partial charge in [-0.25, -0.2) is 0 Å². The highest BCUT2D eigenvalue weighted by molar-refractivity contribution is 6.06. The van der Waals surface area contributed by atoms with E-state index in [0.29, 0.717) is 17.4 Å². The van der Waals surface area contributed by atoms with Crippen molar-refractivity contribution in [2.24, 2.45) is 0 Å². The maximum absolute atomic E-state index is 12.9. The predicted molar refractivity (Wildman–Crippen MR) is 115 cm³/mol. The van der Waals surface area contributed by atoms with Crippen molar-refractivity contribution in [1.82, 2.24) is 4.90 Å². The first-order valence-corrected chi connectivity index (χ1v) is 10.3. The van der Waals surface area contributed by atoms with Crippen LogP contribution in [-0.4, -0.2) is 32.0 Å². The number of nitrogens with one attached hydrogen (secondary N) is 1. The molecule has 0 radical (unpaired) electrons. The predicted octanol–water partition coefficient (Wildman–Crippen LogP) is 5.23. The van der Waals surface area contributed by atoms with Crippen LogP contribution in [-0.2, 0) is 12.8 Å². The van der Waals surface area contributed by atoms with Gasteiger partial charge in [-0.3, -0.25) is 4.79 Å². The molecule has 0 spiro atoms. The molecule has 1 atom stereocenters. The van der Waals surface area contributed by atoms with E-state index >= 15 is 0 Å². The molecule has 0 aliphatic heterocycles. The molecule has 4 nitrogen and oxygen atoms in total. The minimum Gasteiger partial charge on any atom is -0.496 e. The monoisotopic (exact) mass is 380 g/mol. The van der Waals surface area contributed by atoms with Crippen molar-refractivity contribution in [3.8, 4) is 5.75 Å². The summed E-state index contributed by atoms with van der Waals surface area (Å²) in [6, 6.07) is 12.6. The zero-order valence-electron chi connectivity index (χ0n) is 17.5. The molecule has 1 unspecified atom stereocenters. The van der Waals surface area contributed by atoms with E-state index in [2.05, 4.69) is 43.4 Å². The Balaban J connectivity index is 1.80. The van der Waals surface area contributed by atoms with Crippen molar-refractivity contribution in [2.75, 3.05) is 26.5 Å². The molecule has 0 heterocycles. The summed E-state index contributed by atoms with van der Waals surface area (Å²) in [5.41, 5.74) is 5.34. The van der Waals surface area contributed by atoms with Gasteiger partial charge in [-0.1, -0.05) is 25.5 Å². The van der Waals surface area contributed by atoms with Crippen LogP contribution in [0.2, 0.25) is 0 Å². The van der Waals surface area contributed by atoms with Gasteiger partial charge in [0, 0.05) is 11.7 Å². The molecule has 0 aromatic heterocycles. The molecule has 3 rings (SSSR count). The van der Waals surface area contributed by atoms with Gasteiger partial charge in [0.1, 0.15) is 5.75 Å². The number of anilines is 1. The zero-order chi connectivity index (χ0) is 20.1. The fourth-order valence-electron chi connectivity index (χ4n) is 4.05. The SMILES string of the molecule is CCCCc1ccc(C(=O)Nc2ccc3c(c2)C(N(C)C)CCC3)c(OC)c1. The summed E-state index contributed by atoms with van der Waals surface area (Å²) in [5.74, 6) is 0.506. The van der Waals surface area contributed by atoms with Crippen LogP contribution in [0.4, 0.5) is 5.69 Å². The third-order valence-corrected chi connectivity index (χ3v) is 5.64. The average molecular weight is 381 g/mol. The van der Waals surface area contributed by atoms with Crippen LogP contribution in [0.1, 0.15) is 65.7 Å². The number of hydrogen-bond donors (Lipinski definition) is 1. The molecule has 2 aromatic rings. The van der Waals surface area contributed by atoms with Crippen molar-refractivity contribution in [3.05, 3.63) is 58.7 Å². The fraction of sp³-hybridized carbons (Fsp3) is 0.458. The summed E-state index contributed by atoms with van der Waals surface area (Å²) >= 11 is 0. The van der Waals surface area contributed by atoms with E-state index in [1.165, 1.54) is 23.1 Å². The van der Waals surface area contributed by atoms with Gasteiger partial charge in [-0.2, -0.15) is 0 Å². The van der Waals surface area contributed by atoms with E-state index in [4.69, 9.17) is 4.74 Å². The molecule has 1 amide bonds. The number of rotatable bonds is 7. The summed E-state index contributed by atoms with van der Waals surface area (Å²) in [7, 11) is 5.86. The summed E-state index contributed by atoms with van der Waals surface area (Å²) in [6.45, 7) is 2.18. The minimum absolute atomic E-state index is 0.129. The quantitative estimate of drug-likeness (QED) is 0.715. The Kier molecular flexibility index (Phi) is 6.74. The minimum atomic E-state index is -0.129. The number of unbranched alkanes of at least 4 members (excludes halogenated alkanes) is 1. The molecule has 4 heteroatoms. The highest BCUT2D eigenvalue weighted by atomic mass is 16.5. The molecule has 28 heavy (non-hydrogen) atoms. The maximum Gasteiger partial charge on any atom is 0.259 e. The second-order valence-corrected chi connectivity index (χ2v) is 7.88. The molecule has 150 valence electrons. The Morgan fingerprint density at radius 2 is 2.04 bits per heavy atom. The van der Waals surface area contributed by atoms with E-state index < -0.39 is 0 Å². The molecule has 0 saturated carbocycles. The Morgan fingerprint density at radius 3 is 2.75 bits per heavy atom. The Bertz CT molecular complexity index is 829. The molecule has 2 aromatic carbocycles. The summed E-state index contributed by atoms with van der Waals surface area (Å²) in [4.78, 5) is 15.2. The highest BCUT2D eigenvalue weighted by Crippen LogP contribution is 2.34. The second-order valence-electron chi connectivity index (χ2n) is 7.88. The van der Waals surface area contributed by atoms with Crippen LogP contribution in [0.3, 0.4) is 0 Å². The second kappa shape index (κ2) is 9.24.